The minimum absolute atomic E-state index is 0.0311. The number of aryl methyl sites for hydroxylation is 1. The minimum Gasteiger partial charge on any atom is -0.363 e. The average Bonchev–Trinajstić information content (AvgIpc) is 2.47. The Balaban J connectivity index is 2.69. The first-order valence-corrected chi connectivity index (χ1v) is 4.57. The van der Waals surface area contributed by atoms with Crippen LogP contribution in [0.4, 0.5) is 11.5 Å². The molecule has 6 heteroatoms. The predicted molar refractivity (Wildman–Crippen MR) is 53.3 cm³/mol. The summed E-state index contributed by atoms with van der Waals surface area (Å²) in [6.45, 7) is 2.78. The van der Waals surface area contributed by atoms with Crippen molar-refractivity contribution in [1.29, 1.82) is 0 Å². The normalized spacial score (nSPS) is 10.1. The van der Waals surface area contributed by atoms with E-state index in [9.17, 15) is 10.1 Å². The highest BCUT2D eigenvalue weighted by atomic mass is 16.6. The minimum atomic E-state index is -0.429. The van der Waals surface area contributed by atoms with E-state index < -0.39 is 4.92 Å². The topological polar surface area (TPSA) is 73.0 Å². The molecule has 1 aromatic rings. The molecule has 0 amide bonds. The molecule has 0 aromatic carbocycles. The van der Waals surface area contributed by atoms with Crippen LogP contribution in [0.25, 0.3) is 0 Å². The molecule has 1 aromatic heterocycles. The highest BCUT2D eigenvalue weighted by Crippen LogP contribution is 2.21. The van der Waals surface area contributed by atoms with Gasteiger partial charge in [-0.05, 0) is 6.42 Å². The molecule has 1 rings (SSSR count). The molecule has 0 aliphatic heterocycles. The van der Waals surface area contributed by atoms with Crippen LogP contribution in [0.2, 0.25) is 0 Å². The second-order valence-electron chi connectivity index (χ2n) is 3.07. The van der Waals surface area contributed by atoms with Crippen molar-refractivity contribution >= 4 is 11.5 Å². The van der Waals surface area contributed by atoms with Crippen molar-refractivity contribution < 1.29 is 4.92 Å². The molecule has 0 aliphatic rings. The van der Waals surface area contributed by atoms with E-state index in [1.165, 1.54) is 10.9 Å². The second-order valence-corrected chi connectivity index (χ2v) is 3.07. The molecule has 1 N–H and O–H groups in total. The molecular weight excluding hydrogens is 184 g/mol. The van der Waals surface area contributed by atoms with Gasteiger partial charge in [-0.3, -0.25) is 14.8 Å². The zero-order chi connectivity index (χ0) is 10.6. The first-order chi connectivity index (χ1) is 6.65. The average molecular weight is 198 g/mol. The SMILES string of the molecule is CCCCNc1nn(C)cc1[N+](=O)[O-]. The summed E-state index contributed by atoms with van der Waals surface area (Å²) >= 11 is 0. The monoisotopic (exact) mass is 198 g/mol. The summed E-state index contributed by atoms with van der Waals surface area (Å²) in [6, 6.07) is 0. The van der Waals surface area contributed by atoms with Crippen LogP contribution in [-0.2, 0) is 7.05 Å². The highest BCUT2D eigenvalue weighted by molar-refractivity contribution is 5.54. The number of anilines is 1. The van der Waals surface area contributed by atoms with Crippen LogP contribution in [0.1, 0.15) is 19.8 Å². The van der Waals surface area contributed by atoms with E-state index >= 15 is 0 Å². The summed E-state index contributed by atoms with van der Waals surface area (Å²) in [5.41, 5.74) is 0.0311. The fourth-order valence-electron chi connectivity index (χ4n) is 1.12. The van der Waals surface area contributed by atoms with Crippen molar-refractivity contribution in [2.24, 2.45) is 7.05 Å². The number of unbranched alkanes of at least 4 members (excludes halogenated alkanes) is 1. The summed E-state index contributed by atoms with van der Waals surface area (Å²) in [4.78, 5) is 10.2. The molecule has 0 unspecified atom stereocenters. The van der Waals surface area contributed by atoms with Gasteiger partial charge in [0, 0.05) is 13.6 Å². The Morgan fingerprint density at radius 2 is 2.43 bits per heavy atom. The Labute approximate surface area is 82.1 Å². The number of hydrogen-bond acceptors (Lipinski definition) is 4. The second kappa shape index (κ2) is 4.59. The number of nitro groups is 1. The van der Waals surface area contributed by atoms with Crippen LogP contribution < -0.4 is 5.32 Å². The van der Waals surface area contributed by atoms with Crippen LogP contribution in [0.3, 0.4) is 0 Å². The van der Waals surface area contributed by atoms with Gasteiger partial charge in [-0.2, -0.15) is 0 Å². The Morgan fingerprint density at radius 3 is 3.00 bits per heavy atom. The molecule has 0 spiro atoms. The van der Waals surface area contributed by atoms with E-state index in [4.69, 9.17) is 0 Å². The smallest absolute Gasteiger partial charge is 0.330 e. The Kier molecular flexibility index (Phi) is 3.44. The van der Waals surface area contributed by atoms with Crippen molar-refractivity contribution in [3.63, 3.8) is 0 Å². The molecule has 0 radical (unpaired) electrons. The van der Waals surface area contributed by atoms with E-state index in [2.05, 4.69) is 17.3 Å². The van der Waals surface area contributed by atoms with Gasteiger partial charge in [0.2, 0.25) is 5.82 Å². The van der Waals surface area contributed by atoms with Crippen molar-refractivity contribution in [3.8, 4) is 0 Å². The van der Waals surface area contributed by atoms with Gasteiger partial charge in [0.05, 0.1) is 4.92 Å². The third-order valence-corrected chi connectivity index (χ3v) is 1.83. The molecular formula is C8H14N4O2. The summed E-state index contributed by atoms with van der Waals surface area (Å²) in [6.07, 6.45) is 3.43. The summed E-state index contributed by atoms with van der Waals surface area (Å²) < 4.78 is 1.44. The zero-order valence-electron chi connectivity index (χ0n) is 8.36. The largest absolute Gasteiger partial charge is 0.363 e. The lowest BCUT2D eigenvalue weighted by molar-refractivity contribution is -0.384. The number of nitrogens with zero attached hydrogens (tertiary/aromatic N) is 3. The van der Waals surface area contributed by atoms with Crippen molar-refractivity contribution in [3.05, 3.63) is 16.3 Å². The van der Waals surface area contributed by atoms with Gasteiger partial charge in [-0.1, -0.05) is 13.3 Å². The molecule has 0 atom stereocenters. The lowest BCUT2D eigenvalue weighted by Crippen LogP contribution is -2.03. The summed E-state index contributed by atoms with van der Waals surface area (Å²) in [7, 11) is 1.66. The summed E-state index contributed by atoms with van der Waals surface area (Å²) in [5.74, 6) is 0.353. The number of rotatable bonds is 5. The Bertz CT molecular complexity index is 321. The fraction of sp³-hybridized carbons (Fsp3) is 0.625. The van der Waals surface area contributed by atoms with Crippen LogP contribution in [0.5, 0.6) is 0 Å². The number of hydrogen-bond donors (Lipinski definition) is 1. The van der Waals surface area contributed by atoms with E-state index in [-0.39, 0.29) is 5.69 Å². The van der Waals surface area contributed by atoms with Gasteiger partial charge >= 0.3 is 5.69 Å². The molecule has 0 fully saturated rings. The molecule has 0 saturated carbocycles. The lowest BCUT2D eigenvalue weighted by Gasteiger charge is -1.99. The van der Waals surface area contributed by atoms with Crippen LogP contribution in [-0.4, -0.2) is 21.2 Å². The molecule has 0 saturated heterocycles. The number of nitrogens with one attached hydrogen (secondary N) is 1. The van der Waals surface area contributed by atoms with Crippen LogP contribution >= 0.6 is 0 Å². The Hall–Kier alpha value is -1.59. The van der Waals surface area contributed by atoms with Crippen LogP contribution in [0, 0.1) is 10.1 Å². The maximum atomic E-state index is 10.6. The van der Waals surface area contributed by atoms with Crippen molar-refractivity contribution in [2.45, 2.75) is 19.8 Å². The number of aromatic nitrogens is 2. The van der Waals surface area contributed by atoms with Crippen molar-refractivity contribution in [2.75, 3.05) is 11.9 Å². The fourth-order valence-corrected chi connectivity index (χ4v) is 1.12. The van der Waals surface area contributed by atoms with Gasteiger partial charge in [-0.15, -0.1) is 5.10 Å². The van der Waals surface area contributed by atoms with E-state index in [0.717, 1.165) is 12.8 Å². The quantitative estimate of drug-likeness (QED) is 0.442. The third kappa shape index (κ3) is 2.45. The predicted octanol–water partition coefficient (Wildman–Crippen LogP) is 1.54. The maximum absolute atomic E-state index is 10.6. The van der Waals surface area contributed by atoms with Gasteiger partial charge in [0.15, 0.2) is 0 Å². The van der Waals surface area contributed by atoms with E-state index in [1.807, 2.05) is 0 Å². The zero-order valence-corrected chi connectivity index (χ0v) is 8.36. The molecule has 0 bridgehead atoms. The first kappa shape index (κ1) is 10.5. The molecule has 78 valence electrons. The maximum Gasteiger partial charge on any atom is 0.330 e. The van der Waals surface area contributed by atoms with Gasteiger partial charge < -0.3 is 5.32 Å². The lowest BCUT2D eigenvalue weighted by atomic mass is 10.3. The van der Waals surface area contributed by atoms with E-state index in [1.54, 1.807) is 7.05 Å². The van der Waals surface area contributed by atoms with Gasteiger partial charge in [-0.25, -0.2) is 0 Å². The third-order valence-electron chi connectivity index (χ3n) is 1.83. The highest BCUT2D eigenvalue weighted by Gasteiger charge is 2.17. The van der Waals surface area contributed by atoms with Gasteiger partial charge in [0.25, 0.3) is 0 Å². The Morgan fingerprint density at radius 1 is 1.71 bits per heavy atom. The molecule has 1 heterocycles. The first-order valence-electron chi connectivity index (χ1n) is 4.57. The van der Waals surface area contributed by atoms with Gasteiger partial charge in [0.1, 0.15) is 6.20 Å². The van der Waals surface area contributed by atoms with Crippen molar-refractivity contribution in [1.82, 2.24) is 9.78 Å². The molecule has 6 nitrogen and oxygen atoms in total. The molecule has 0 aliphatic carbocycles. The standard InChI is InChI=1S/C8H14N4O2/c1-3-4-5-9-8-7(12(13)14)6-11(2)10-8/h6H,3-5H2,1-2H3,(H,9,10). The molecule has 14 heavy (non-hydrogen) atoms. The van der Waals surface area contributed by atoms with E-state index in [0.29, 0.717) is 12.4 Å². The summed E-state index contributed by atoms with van der Waals surface area (Å²) in [5, 5.41) is 17.5. The van der Waals surface area contributed by atoms with Crippen LogP contribution in [0.15, 0.2) is 6.20 Å².